The van der Waals surface area contributed by atoms with E-state index in [0.29, 0.717) is 12.5 Å². The monoisotopic (exact) mass is 306 g/mol. The van der Waals surface area contributed by atoms with Crippen LogP contribution in [0.1, 0.15) is 45.9 Å². The van der Waals surface area contributed by atoms with E-state index in [1.807, 2.05) is 27.0 Å². The highest BCUT2D eigenvalue weighted by Crippen LogP contribution is 2.25. The van der Waals surface area contributed by atoms with E-state index in [4.69, 9.17) is 4.74 Å². The molecule has 0 unspecified atom stereocenters. The van der Waals surface area contributed by atoms with E-state index in [2.05, 4.69) is 27.1 Å². The molecule has 1 aromatic rings. The van der Waals surface area contributed by atoms with Crippen LogP contribution in [-0.4, -0.2) is 46.2 Å². The number of alkyl carbamates (subject to hydrolysis) is 1. The van der Waals surface area contributed by atoms with Crippen LogP contribution in [0.25, 0.3) is 0 Å². The molecule has 0 radical (unpaired) electrons. The highest BCUT2D eigenvalue weighted by molar-refractivity contribution is 5.67. The lowest BCUT2D eigenvalue weighted by atomic mass is 10.1. The number of carbonyl (C=O) groups excluding carboxylic acids is 1. The summed E-state index contributed by atoms with van der Waals surface area (Å²) >= 11 is 0. The normalized spacial score (nSPS) is 20.6. The summed E-state index contributed by atoms with van der Waals surface area (Å²) in [6.07, 6.45) is 5.96. The van der Waals surface area contributed by atoms with Gasteiger partial charge in [0.15, 0.2) is 0 Å². The SMILES string of the molecule is C[C@@H](c1cnccn1)N1CC[C@@H](CNC(=O)OC(C)(C)C)C1. The molecule has 0 aromatic carbocycles. The Labute approximate surface area is 132 Å². The summed E-state index contributed by atoms with van der Waals surface area (Å²) in [5.74, 6) is 0.451. The van der Waals surface area contributed by atoms with Crippen LogP contribution in [0.2, 0.25) is 0 Å². The van der Waals surface area contributed by atoms with Crippen LogP contribution in [0.5, 0.6) is 0 Å². The van der Waals surface area contributed by atoms with E-state index in [0.717, 1.165) is 25.2 Å². The Balaban J connectivity index is 1.77. The Bertz CT molecular complexity index is 487. The standard InChI is InChI=1S/C16H26N4O2/c1-12(14-10-17-6-7-18-14)20-8-5-13(11-20)9-19-15(21)22-16(2,3)4/h6-7,10,12-13H,5,8-9,11H2,1-4H3,(H,19,21)/t12-,13-/m0/s1. The molecule has 1 saturated heterocycles. The first-order valence-electron chi connectivity index (χ1n) is 7.82. The van der Waals surface area contributed by atoms with E-state index in [1.54, 1.807) is 12.4 Å². The van der Waals surface area contributed by atoms with Gasteiger partial charge in [0.2, 0.25) is 0 Å². The second-order valence-corrected chi connectivity index (χ2v) is 6.84. The third kappa shape index (κ3) is 4.94. The van der Waals surface area contributed by atoms with E-state index < -0.39 is 5.60 Å². The lowest BCUT2D eigenvalue weighted by molar-refractivity contribution is 0.0519. The van der Waals surface area contributed by atoms with Crippen molar-refractivity contribution in [3.8, 4) is 0 Å². The molecule has 2 rings (SSSR count). The first kappa shape index (κ1) is 16.7. The average Bonchev–Trinajstić information content (AvgIpc) is 2.92. The van der Waals surface area contributed by atoms with Gasteiger partial charge in [-0.25, -0.2) is 4.79 Å². The Morgan fingerprint density at radius 2 is 2.27 bits per heavy atom. The van der Waals surface area contributed by atoms with Gasteiger partial charge in [0.1, 0.15) is 5.60 Å². The number of carbonyl (C=O) groups is 1. The average molecular weight is 306 g/mol. The smallest absolute Gasteiger partial charge is 0.407 e. The zero-order chi connectivity index (χ0) is 16.2. The second-order valence-electron chi connectivity index (χ2n) is 6.84. The summed E-state index contributed by atoms with van der Waals surface area (Å²) in [7, 11) is 0. The number of hydrogen-bond donors (Lipinski definition) is 1. The van der Waals surface area contributed by atoms with Gasteiger partial charge < -0.3 is 10.1 Å². The van der Waals surface area contributed by atoms with Crippen molar-refractivity contribution in [2.24, 2.45) is 5.92 Å². The Kier molecular flexibility index (Phi) is 5.34. The van der Waals surface area contributed by atoms with Crippen molar-refractivity contribution < 1.29 is 9.53 Å². The van der Waals surface area contributed by atoms with Crippen molar-refractivity contribution in [1.82, 2.24) is 20.2 Å². The van der Waals surface area contributed by atoms with Crippen molar-refractivity contribution >= 4 is 6.09 Å². The van der Waals surface area contributed by atoms with Crippen LogP contribution in [-0.2, 0) is 4.74 Å². The first-order valence-corrected chi connectivity index (χ1v) is 7.82. The van der Waals surface area contributed by atoms with Gasteiger partial charge in [-0.15, -0.1) is 0 Å². The quantitative estimate of drug-likeness (QED) is 0.925. The number of hydrogen-bond acceptors (Lipinski definition) is 5. The van der Waals surface area contributed by atoms with Crippen molar-refractivity contribution in [1.29, 1.82) is 0 Å². The molecule has 122 valence electrons. The van der Waals surface area contributed by atoms with Gasteiger partial charge in [0.05, 0.1) is 11.7 Å². The van der Waals surface area contributed by atoms with Gasteiger partial charge in [-0.05, 0) is 46.6 Å². The third-order valence-electron chi connectivity index (χ3n) is 3.81. The molecule has 1 aliphatic heterocycles. The molecule has 1 aliphatic rings. The molecule has 1 fully saturated rings. The largest absolute Gasteiger partial charge is 0.444 e. The van der Waals surface area contributed by atoms with Gasteiger partial charge in [0.25, 0.3) is 0 Å². The molecule has 0 aliphatic carbocycles. The predicted molar refractivity (Wildman–Crippen MR) is 84.4 cm³/mol. The van der Waals surface area contributed by atoms with E-state index in [1.165, 1.54) is 0 Å². The van der Waals surface area contributed by atoms with Crippen molar-refractivity contribution in [2.45, 2.75) is 45.8 Å². The number of nitrogens with zero attached hydrogens (tertiary/aromatic N) is 3. The maximum atomic E-state index is 11.7. The molecule has 6 nitrogen and oxygen atoms in total. The van der Waals surface area contributed by atoms with Gasteiger partial charge in [0, 0.05) is 31.7 Å². The van der Waals surface area contributed by atoms with E-state index in [9.17, 15) is 4.79 Å². The molecular weight excluding hydrogens is 280 g/mol. The van der Waals surface area contributed by atoms with Gasteiger partial charge >= 0.3 is 6.09 Å². The summed E-state index contributed by atoms with van der Waals surface area (Å²) in [5.41, 5.74) is 0.537. The first-order chi connectivity index (χ1) is 10.3. The topological polar surface area (TPSA) is 67.4 Å². The molecular formula is C16H26N4O2. The highest BCUT2D eigenvalue weighted by atomic mass is 16.6. The van der Waals surface area contributed by atoms with Crippen LogP contribution in [0.4, 0.5) is 4.79 Å². The second kappa shape index (κ2) is 7.05. The van der Waals surface area contributed by atoms with E-state index in [-0.39, 0.29) is 12.1 Å². The summed E-state index contributed by atoms with van der Waals surface area (Å²) in [4.78, 5) is 22.6. The van der Waals surface area contributed by atoms with Gasteiger partial charge in [-0.1, -0.05) is 0 Å². The van der Waals surface area contributed by atoms with Crippen LogP contribution >= 0.6 is 0 Å². The summed E-state index contributed by atoms with van der Waals surface area (Å²) < 4.78 is 5.26. The molecule has 2 atom stereocenters. The molecule has 0 spiro atoms. The van der Waals surface area contributed by atoms with Crippen LogP contribution in [0.15, 0.2) is 18.6 Å². The molecule has 1 aromatic heterocycles. The van der Waals surface area contributed by atoms with Crippen molar-refractivity contribution in [3.05, 3.63) is 24.3 Å². The minimum atomic E-state index is -0.452. The number of likely N-dealkylation sites (tertiary alicyclic amines) is 1. The predicted octanol–water partition coefficient (Wildman–Crippen LogP) is 2.38. The molecule has 0 bridgehead atoms. The summed E-state index contributed by atoms with van der Waals surface area (Å²) in [6, 6.07) is 0.250. The van der Waals surface area contributed by atoms with Crippen molar-refractivity contribution in [3.63, 3.8) is 0 Å². The zero-order valence-corrected chi connectivity index (χ0v) is 13.9. The molecule has 1 amide bonds. The third-order valence-corrected chi connectivity index (χ3v) is 3.81. The van der Waals surface area contributed by atoms with Gasteiger partial charge in [-0.2, -0.15) is 0 Å². The Morgan fingerprint density at radius 3 is 2.91 bits per heavy atom. The maximum absolute atomic E-state index is 11.7. The van der Waals surface area contributed by atoms with Crippen LogP contribution in [0, 0.1) is 5.92 Å². The zero-order valence-electron chi connectivity index (χ0n) is 13.9. The lowest BCUT2D eigenvalue weighted by Crippen LogP contribution is -2.36. The Hall–Kier alpha value is -1.69. The fourth-order valence-corrected chi connectivity index (χ4v) is 2.64. The Morgan fingerprint density at radius 1 is 1.50 bits per heavy atom. The number of ether oxygens (including phenoxy) is 1. The van der Waals surface area contributed by atoms with E-state index >= 15 is 0 Å². The van der Waals surface area contributed by atoms with Crippen LogP contribution in [0.3, 0.4) is 0 Å². The molecule has 6 heteroatoms. The number of rotatable bonds is 4. The highest BCUT2D eigenvalue weighted by Gasteiger charge is 2.28. The lowest BCUT2D eigenvalue weighted by Gasteiger charge is -2.24. The number of amides is 1. The molecule has 2 heterocycles. The summed E-state index contributed by atoms with van der Waals surface area (Å²) in [6.45, 7) is 10.4. The minimum Gasteiger partial charge on any atom is -0.444 e. The fraction of sp³-hybridized carbons (Fsp3) is 0.688. The molecule has 1 N–H and O–H groups in total. The number of aromatic nitrogens is 2. The summed E-state index contributed by atoms with van der Waals surface area (Å²) in [5, 5.41) is 2.86. The fourth-order valence-electron chi connectivity index (χ4n) is 2.64. The molecule has 0 saturated carbocycles. The number of nitrogens with one attached hydrogen (secondary N) is 1. The molecule has 22 heavy (non-hydrogen) atoms. The maximum Gasteiger partial charge on any atom is 0.407 e. The minimum absolute atomic E-state index is 0.250. The van der Waals surface area contributed by atoms with Crippen molar-refractivity contribution in [2.75, 3.05) is 19.6 Å². The van der Waals surface area contributed by atoms with Gasteiger partial charge in [-0.3, -0.25) is 14.9 Å². The van der Waals surface area contributed by atoms with Crippen LogP contribution < -0.4 is 5.32 Å².